The van der Waals surface area contributed by atoms with E-state index in [9.17, 15) is 4.79 Å². The first-order valence-electron chi connectivity index (χ1n) is 7.69. The van der Waals surface area contributed by atoms with Crippen molar-refractivity contribution in [1.82, 2.24) is 29.5 Å². The van der Waals surface area contributed by atoms with E-state index in [4.69, 9.17) is 4.74 Å². The van der Waals surface area contributed by atoms with Crippen LogP contribution in [0.3, 0.4) is 0 Å². The van der Waals surface area contributed by atoms with Gasteiger partial charge in [0, 0.05) is 12.4 Å². The summed E-state index contributed by atoms with van der Waals surface area (Å²) in [4.78, 5) is 30.8. The average Bonchev–Trinajstić information content (AvgIpc) is 3.20. The Labute approximate surface area is 158 Å². The molecule has 0 bridgehead atoms. The topological polar surface area (TPSA) is 98.6 Å². The Hall–Kier alpha value is -3.29. The lowest BCUT2D eigenvalue weighted by Gasteiger charge is -2.19. The van der Waals surface area contributed by atoms with Gasteiger partial charge in [-0.15, -0.1) is 0 Å². The predicted molar refractivity (Wildman–Crippen MR) is 107 cm³/mol. The van der Waals surface area contributed by atoms with Crippen molar-refractivity contribution < 1.29 is 9.53 Å². The van der Waals surface area contributed by atoms with Crippen LogP contribution in [0.25, 0.3) is 22.3 Å². The molecule has 144 valence electrons. The van der Waals surface area contributed by atoms with Gasteiger partial charge < -0.3 is 9.72 Å². The molecule has 4 rings (SSSR count). The van der Waals surface area contributed by atoms with Crippen molar-refractivity contribution in [2.45, 2.75) is 41.2 Å². The number of aromatic amines is 1. The summed E-state index contributed by atoms with van der Waals surface area (Å²) in [6.07, 6.45) is 5.98. The van der Waals surface area contributed by atoms with Crippen LogP contribution in [0.4, 0.5) is 4.79 Å². The molecule has 0 saturated carbocycles. The van der Waals surface area contributed by atoms with E-state index < -0.39 is 11.7 Å². The number of aromatic nitrogens is 6. The number of nitrogens with one attached hydrogen (secondary N) is 1. The molecular weight excluding hydrogens is 344 g/mol. The van der Waals surface area contributed by atoms with Gasteiger partial charge in [-0.05, 0) is 45.0 Å². The Morgan fingerprint density at radius 2 is 1.67 bits per heavy atom. The molecule has 27 heavy (non-hydrogen) atoms. The zero-order chi connectivity index (χ0) is 17.9. The van der Waals surface area contributed by atoms with Crippen LogP contribution in [0.1, 0.15) is 35.6 Å². The molecule has 4 aromatic rings. The summed E-state index contributed by atoms with van der Waals surface area (Å²) in [5, 5.41) is 0. The molecule has 4 aromatic heterocycles. The normalized spacial score (nSPS) is 10.3. The predicted octanol–water partition coefficient (Wildman–Crippen LogP) is 4.44. The number of nitrogens with zero attached hydrogens (tertiary/aromatic N) is 5. The number of hydrogen-bond acceptors (Lipinski definition) is 6. The zero-order valence-electron chi connectivity index (χ0n) is 14.2. The highest BCUT2D eigenvalue weighted by Crippen LogP contribution is 2.13. The Kier molecular flexibility index (Phi) is 7.16. The lowest BCUT2D eigenvalue weighted by Crippen LogP contribution is -2.26. The highest BCUT2D eigenvalue weighted by molar-refractivity contribution is 5.84. The van der Waals surface area contributed by atoms with Crippen LogP contribution in [0.15, 0.2) is 49.3 Å². The van der Waals surface area contributed by atoms with E-state index in [1.54, 1.807) is 30.9 Å². The van der Waals surface area contributed by atoms with Gasteiger partial charge in [-0.2, -0.15) is 0 Å². The highest BCUT2D eigenvalue weighted by Gasteiger charge is 2.19. The molecule has 4 heterocycles. The van der Waals surface area contributed by atoms with Crippen LogP contribution in [0.5, 0.6) is 0 Å². The molecule has 0 amide bonds. The van der Waals surface area contributed by atoms with Crippen molar-refractivity contribution in [1.29, 1.82) is 0 Å². The first-order valence-corrected chi connectivity index (χ1v) is 7.69. The van der Waals surface area contributed by atoms with Gasteiger partial charge in [-0.3, -0.25) is 0 Å². The molecule has 0 atom stereocenters. The van der Waals surface area contributed by atoms with Gasteiger partial charge >= 0.3 is 6.09 Å². The SMILES string of the molecule is C.C.CC(C)(C)OC(=O)n1cnc2ncccc21.c1cnc2nc[nH]c2c1. The van der Waals surface area contributed by atoms with Crippen molar-refractivity contribution in [2.75, 3.05) is 0 Å². The molecule has 0 aliphatic carbocycles. The molecule has 0 radical (unpaired) electrons. The van der Waals surface area contributed by atoms with E-state index in [0.29, 0.717) is 11.2 Å². The summed E-state index contributed by atoms with van der Waals surface area (Å²) in [6, 6.07) is 7.35. The molecule has 0 unspecified atom stereocenters. The lowest BCUT2D eigenvalue weighted by molar-refractivity contribution is 0.0543. The third-order valence-electron chi connectivity index (χ3n) is 3.10. The van der Waals surface area contributed by atoms with E-state index in [1.807, 2.05) is 32.9 Å². The smallest absolute Gasteiger partial charge is 0.420 e. The van der Waals surface area contributed by atoms with E-state index in [-0.39, 0.29) is 14.9 Å². The maximum atomic E-state index is 11.8. The number of rotatable bonds is 0. The fraction of sp³-hybridized carbons (Fsp3) is 0.316. The number of H-pyrrole nitrogens is 1. The van der Waals surface area contributed by atoms with Gasteiger partial charge in [0.05, 0.1) is 17.4 Å². The zero-order valence-corrected chi connectivity index (χ0v) is 14.2. The Bertz CT molecular complexity index is 970. The van der Waals surface area contributed by atoms with Crippen molar-refractivity contribution in [2.24, 2.45) is 0 Å². The van der Waals surface area contributed by atoms with Crippen molar-refractivity contribution in [3.8, 4) is 0 Å². The van der Waals surface area contributed by atoms with E-state index in [0.717, 1.165) is 11.2 Å². The summed E-state index contributed by atoms with van der Waals surface area (Å²) in [5.74, 6) is 0. The number of carbonyl (C=O) groups is 1. The Morgan fingerprint density at radius 3 is 2.33 bits per heavy atom. The van der Waals surface area contributed by atoms with Crippen molar-refractivity contribution in [3.05, 3.63) is 49.3 Å². The van der Waals surface area contributed by atoms with Crippen LogP contribution >= 0.6 is 0 Å². The fourth-order valence-corrected chi connectivity index (χ4v) is 2.08. The monoisotopic (exact) mass is 370 g/mol. The third-order valence-corrected chi connectivity index (χ3v) is 3.10. The van der Waals surface area contributed by atoms with Gasteiger partial charge in [-0.25, -0.2) is 29.3 Å². The van der Waals surface area contributed by atoms with Crippen LogP contribution in [-0.2, 0) is 4.74 Å². The minimum atomic E-state index is -0.518. The molecule has 0 fully saturated rings. The molecule has 8 heteroatoms. The van der Waals surface area contributed by atoms with Gasteiger partial charge in [0.15, 0.2) is 11.3 Å². The number of fused-ring (bicyclic) bond motifs is 2. The molecule has 0 aliphatic rings. The summed E-state index contributed by atoms with van der Waals surface area (Å²) in [7, 11) is 0. The Balaban J connectivity index is 0.000000284. The van der Waals surface area contributed by atoms with E-state index in [1.165, 1.54) is 10.9 Å². The second kappa shape index (κ2) is 8.88. The maximum absolute atomic E-state index is 11.8. The second-order valence-corrected chi connectivity index (χ2v) is 6.22. The van der Waals surface area contributed by atoms with Crippen molar-refractivity contribution in [3.63, 3.8) is 0 Å². The number of carbonyl (C=O) groups excluding carboxylic acids is 1. The van der Waals surface area contributed by atoms with Gasteiger partial charge in [-0.1, -0.05) is 14.9 Å². The van der Waals surface area contributed by atoms with E-state index >= 15 is 0 Å². The second-order valence-electron chi connectivity index (χ2n) is 6.22. The summed E-state index contributed by atoms with van der Waals surface area (Å²) < 4.78 is 6.60. The third kappa shape index (κ3) is 5.34. The summed E-state index contributed by atoms with van der Waals surface area (Å²) in [5.41, 5.74) is 2.43. The number of imidazole rings is 2. The standard InChI is InChI=1S/C11H13N3O2.C6H5N3.2CH4/c1-11(2,3)16-10(15)14-7-13-9-8(14)5-4-6-12-9;1-2-5-6(7-3-1)9-4-8-5;;/h4-7H,1-3H3;1-4H,(H,7,8,9);2*1H4. The molecule has 1 N–H and O–H groups in total. The minimum absolute atomic E-state index is 0. The molecule has 0 aliphatic heterocycles. The fourth-order valence-electron chi connectivity index (χ4n) is 2.08. The molecule has 8 nitrogen and oxygen atoms in total. The molecular formula is C19H26N6O2. The van der Waals surface area contributed by atoms with Crippen LogP contribution in [0.2, 0.25) is 0 Å². The van der Waals surface area contributed by atoms with E-state index in [2.05, 4.69) is 24.9 Å². The number of ether oxygens (including phenoxy) is 1. The summed E-state index contributed by atoms with van der Waals surface area (Å²) in [6.45, 7) is 5.47. The lowest BCUT2D eigenvalue weighted by atomic mass is 10.2. The number of pyridine rings is 2. The Morgan fingerprint density at radius 1 is 1.00 bits per heavy atom. The highest BCUT2D eigenvalue weighted by atomic mass is 16.6. The maximum Gasteiger partial charge on any atom is 0.420 e. The summed E-state index contributed by atoms with van der Waals surface area (Å²) >= 11 is 0. The van der Waals surface area contributed by atoms with Gasteiger partial charge in [0.2, 0.25) is 0 Å². The van der Waals surface area contributed by atoms with Crippen LogP contribution < -0.4 is 0 Å². The van der Waals surface area contributed by atoms with Crippen LogP contribution in [0, 0.1) is 0 Å². The van der Waals surface area contributed by atoms with Crippen LogP contribution in [-0.4, -0.2) is 41.2 Å². The van der Waals surface area contributed by atoms with Gasteiger partial charge in [0.1, 0.15) is 11.9 Å². The first-order chi connectivity index (χ1) is 11.9. The average molecular weight is 370 g/mol. The molecule has 0 aromatic carbocycles. The van der Waals surface area contributed by atoms with Crippen molar-refractivity contribution >= 4 is 28.4 Å². The molecule has 0 spiro atoms. The van der Waals surface area contributed by atoms with Gasteiger partial charge in [0.25, 0.3) is 0 Å². The molecule has 0 saturated heterocycles. The first kappa shape index (κ1) is 21.8. The number of hydrogen-bond donors (Lipinski definition) is 1. The largest absolute Gasteiger partial charge is 0.443 e. The minimum Gasteiger partial charge on any atom is -0.443 e. The quantitative estimate of drug-likeness (QED) is 0.491.